The Labute approximate surface area is 162 Å². The molecule has 0 radical (unpaired) electrons. The second kappa shape index (κ2) is 9.48. The number of anilines is 2. The quantitative estimate of drug-likeness (QED) is 0.490. The maximum Gasteiger partial charge on any atom is 0.486 e. The Bertz CT molecular complexity index is 803. The van der Waals surface area contributed by atoms with E-state index >= 15 is 0 Å². The SMILES string of the molecule is CC.COC(=O)c1ccc(Nc2nc(Cl)nc(OC(O)(O)C(F)(F)F)n2)cc1. The minimum absolute atomic E-state index is 0.256. The van der Waals surface area contributed by atoms with Gasteiger partial charge >= 0.3 is 24.1 Å². The molecule has 2 rings (SSSR count). The molecule has 0 saturated carbocycles. The molecular weight excluding hydrogens is 409 g/mol. The molecule has 3 N–H and O–H groups in total. The molecule has 154 valence electrons. The van der Waals surface area contributed by atoms with Gasteiger partial charge in [-0.2, -0.15) is 28.1 Å². The molecule has 0 unspecified atom stereocenters. The average molecular weight is 425 g/mol. The third-order valence-electron chi connectivity index (χ3n) is 2.75. The van der Waals surface area contributed by atoms with E-state index < -0.39 is 29.4 Å². The topological polar surface area (TPSA) is 127 Å². The molecule has 13 heteroatoms. The molecule has 2 aromatic rings. The number of alkyl halides is 3. The molecule has 28 heavy (non-hydrogen) atoms. The van der Waals surface area contributed by atoms with Crippen LogP contribution in [-0.2, 0) is 4.74 Å². The number of carbonyl (C=O) groups excluding carboxylic acids is 1. The maximum absolute atomic E-state index is 12.4. The van der Waals surface area contributed by atoms with E-state index in [0.29, 0.717) is 5.69 Å². The first-order valence-electron chi connectivity index (χ1n) is 7.59. The summed E-state index contributed by atoms with van der Waals surface area (Å²) in [5.41, 5.74) is 0.590. The summed E-state index contributed by atoms with van der Waals surface area (Å²) in [4.78, 5) is 21.6. The lowest BCUT2D eigenvalue weighted by Gasteiger charge is -2.23. The molecule has 1 aromatic carbocycles. The van der Waals surface area contributed by atoms with Crippen LogP contribution in [0, 0.1) is 0 Å². The first-order chi connectivity index (χ1) is 13.0. The van der Waals surface area contributed by atoms with E-state index in [2.05, 4.69) is 29.7 Å². The van der Waals surface area contributed by atoms with E-state index in [1.54, 1.807) is 0 Å². The summed E-state index contributed by atoms with van der Waals surface area (Å²) >= 11 is 5.56. The van der Waals surface area contributed by atoms with Crippen LogP contribution in [0.25, 0.3) is 0 Å². The highest BCUT2D eigenvalue weighted by molar-refractivity contribution is 6.28. The number of carbonyl (C=O) groups is 1. The Morgan fingerprint density at radius 1 is 1.11 bits per heavy atom. The van der Waals surface area contributed by atoms with Crippen LogP contribution >= 0.6 is 11.6 Å². The van der Waals surface area contributed by atoms with Gasteiger partial charge in [0, 0.05) is 5.69 Å². The summed E-state index contributed by atoms with van der Waals surface area (Å²) in [5.74, 6) is -5.43. The Morgan fingerprint density at radius 2 is 1.68 bits per heavy atom. The molecule has 9 nitrogen and oxygen atoms in total. The van der Waals surface area contributed by atoms with Crippen LogP contribution in [0.3, 0.4) is 0 Å². The molecule has 0 spiro atoms. The fourth-order valence-corrected chi connectivity index (χ4v) is 1.71. The van der Waals surface area contributed by atoms with Crippen molar-refractivity contribution in [3.8, 4) is 6.01 Å². The Hall–Kier alpha value is -2.70. The van der Waals surface area contributed by atoms with E-state index in [0.717, 1.165) is 0 Å². The van der Waals surface area contributed by atoms with Gasteiger partial charge in [-0.05, 0) is 35.9 Å². The van der Waals surface area contributed by atoms with Crippen molar-refractivity contribution in [1.29, 1.82) is 0 Å². The number of aliphatic hydroxyl groups is 2. The Kier molecular flexibility index (Phi) is 7.90. The van der Waals surface area contributed by atoms with Crippen molar-refractivity contribution in [1.82, 2.24) is 15.0 Å². The van der Waals surface area contributed by atoms with Crippen molar-refractivity contribution >= 4 is 29.2 Å². The molecule has 0 fully saturated rings. The second-order valence-electron chi connectivity index (χ2n) is 4.61. The van der Waals surface area contributed by atoms with Crippen molar-refractivity contribution in [2.45, 2.75) is 26.0 Å². The number of halogens is 4. The van der Waals surface area contributed by atoms with Crippen LogP contribution in [-0.4, -0.2) is 50.4 Å². The van der Waals surface area contributed by atoms with E-state index in [-0.39, 0.29) is 11.5 Å². The number of rotatable bonds is 5. The molecule has 1 aromatic heterocycles. The van der Waals surface area contributed by atoms with Gasteiger partial charge in [-0.15, -0.1) is 0 Å². The molecular formula is C15H16ClF3N4O5. The zero-order valence-electron chi connectivity index (χ0n) is 14.8. The van der Waals surface area contributed by atoms with Gasteiger partial charge in [-0.3, -0.25) is 0 Å². The molecule has 1 heterocycles. The largest absolute Gasteiger partial charge is 0.486 e. The van der Waals surface area contributed by atoms with Crippen molar-refractivity contribution < 1.29 is 37.7 Å². The molecule has 0 saturated heterocycles. The van der Waals surface area contributed by atoms with Crippen LogP contribution in [0.2, 0.25) is 5.28 Å². The molecule has 0 aliphatic heterocycles. The highest BCUT2D eigenvalue weighted by Gasteiger charge is 2.57. The number of nitrogens with zero attached hydrogens (tertiary/aromatic N) is 3. The standard InChI is InChI=1S/C13H10ClF3N4O5.C2H6/c1-25-8(22)6-2-4-7(5-3-6)18-10-19-9(14)20-11(21-10)26-13(23,24)12(15,16)17;1-2/h2-5,23-24H,1H3,(H,18,19,20,21);1-2H3. The summed E-state index contributed by atoms with van der Waals surface area (Å²) < 4.78 is 45.7. The fraction of sp³-hybridized carbons (Fsp3) is 0.333. The Balaban J connectivity index is 0.00000190. The Morgan fingerprint density at radius 3 is 2.18 bits per heavy atom. The van der Waals surface area contributed by atoms with Crippen molar-refractivity contribution in [2.75, 3.05) is 12.4 Å². The summed E-state index contributed by atoms with van der Waals surface area (Å²) in [7, 11) is 1.21. The number of methoxy groups -OCH3 is 1. The second-order valence-corrected chi connectivity index (χ2v) is 4.95. The van der Waals surface area contributed by atoms with Gasteiger partial charge in [0.15, 0.2) is 0 Å². The molecule has 0 bridgehead atoms. The predicted octanol–water partition coefficient (Wildman–Crippen LogP) is 2.66. The average Bonchev–Trinajstić information content (AvgIpc) is 2.61. The molecule has 0 aliphatic carbocycles. The lowest BCUT2D eigenvalue weighted by atomic mass is 10.2. The van der Waals surface area contributed by atoms with Crippen LogP contribution < -0.4 is 10.1 Å². The lowest BCUT2D eigenvalue weighted by Crippen LogP contribution is -2.50. The van der Waals surface area contributed by atoms with Gasteiger partial charge in [0.2, 0.25) is 11.2 Å². The first-order valence-corrected chi connectivity index (χ1v) is 7.97. The van der Waals surface area contributed by atoms with Crippen LogP contribution in [0.5, 0.6) is 6.01 Å². The van der Waals surface area contributed by atoms with Gasteiger partial charge in [0.05, 0.1) is 12.7 Å². The summed E-state index contributed by atoms with van der Waals surface area (Å²) in [6, 6.07) is 4.60. The van der Waals surface area contributed by atoms with Gasteiger partial charge in [0.25, 0.3) is 0 Å². The number of benzene rings is 1. The molecule has 0 amide bonds. The third kappa shape index (κ3) is 6.18. The fourth-order valence-electron chi connectivity index (χ4n) is 1.56. The number of hydrogen-bond donors (Lipinski definition) is 3. The lowest BCUT2D eigenvalue weighted by molar-refractivity contribution is -0.430. The number of nitrogens with one attached hydrogen (secondary N) is 1. The third-order valence-corrected chi connectivity index (χ3v) is 2.92. The zero-order chi connectivity index (χ0) is 21.5. The van der Waals surface area contributed by atoms with E-state index in [9.17, 15) is 18.0 Å². The highest BCUT2D eigenvalue weighted by atomic mass is 35.5. The highest BCUT2D eigenvalue weighted by Crippen LogP contribution is 2.30. The summed E-state index contributed by atoms with van der Waals surface area (Å²) in [5, 5.41) is 19.8. The van der Waals surface area contributed by atoms with Crippen LogP contribution in [0.4, 0.5) is 24.8 Å². The van der Waals surface area contributed by atoms with Gasteiger partial charge in [-0.1, -0.05) is 13.8 Å². The minimum Gasteiger partial charge on any atom is -0.465 e. The van der Waals surface area contributed by atoms with Crippen molar-refractivity contribution in [2.24, 2.45) is 0 Å². The smallest absolute Gasteiger partial charge is 0.465 e. The molecule has 0 atom stereocenters. The predicted molar refractivity (Wildman–Crippen MR) is 91.1 cm³/mol. The minimum atomic E-state index is -5.52. The first kappa shape index (κ1) is 23.3. The van der Waals surface area contributed by atoms with Crippen LogP contribution in [0.1, 0.15) is 24.2 Å². The number of aromatic nitrogens is 3. The van der Waals surface area contributed by atoms with E-state index in [1.807, 2.05) is 13.8 Å². The summed E-state index contributed by atoms with van der Waals surface area (Å²) in [6.45, 7) is 4.00. The van der Waals surface area contributed by atoms with Gasteiger partial charge < -0.3 is 25.0 Å². The number of hydrogen-bond acceptors (Lipinski definition) is 9. The van der Waals surface area contributed by atoms with Gasteiger partial charge in [0.1, 0.15) is 0 Å². The zero-order valence-corrected chi connectivity index (χ0v) is 15.5. The molecule has 0 aliphatic rings. The number of esters is 1. The van der Waals surface area contributed by atoms with Gasteiger partial charge in [-0.25, -0.2) is 4.79 Å². The van der Waals surface area contributed by atoms with Crippen molar-refractivity contribution in [3.05, 3.63) is 35.1 Å². The van der Waals surface area contributed by atoms with E-state index in [4.69, 9.17) is 21.8 Å². The van der Waals surface area contributed by atoms with E-state index in [1.165, 1.54) is 31.4 Å². The summed E-state index contributed by atoms with van der Waals surface area (Å²) in [6.07, 6.45) is -5.52. The van der Waals surface area contributed by atoms with Crippen LogP contribution in [0.15, 0.2) is 24.3 Å². The normalized spacial score (nSPS) is 11.2. The number of ether oxygens (including phenoxy) is 2. The monoisotopic (exact) mass is 424 g/mol. The maximum atomic E-state index is 12.4. The van der Waals surface area contributed by atoms with Crippen molar-refractivity contribution in [3.63, 3.8) is 0 Å².